The van der Waals surface area contributed by atoms with Crippen LogP contribution >= 0.6 is 11.8 Å². The Bertz CT molecular complexity index is 1210. The van der Waals surface area contributed by atoms with Crippen molar-refractivity contribution in [2.45, 2.75) is 31.4 Å². The Morgan fingerprint density at radius 2 is 2.13 bits per heavy atom. The molecule has 1 atom stereocenters. The van der Waals surface area contributed by atoms with E-state index in [2.05, 4.69) is 10.2 Å². The van der Waals surface area contributed by atoms with E-state index in [-0.39, 0.29) is 39.9 Å². The molecule has 12 heteroatoms. The molecule has 0 radical (unpaired) electrons. The van der Waals surface area contributed by atoms with Crippen molar-refractivity contribution in [3.63, 3.8) is 0 Å². The van der Waals surface area contributed by atoms with E-state index in [1.807, 2.05) is 0 Å². The van der Waals surface area contributed by atoms with Crippen LogP contribution in [0.5, 0.6) is 0 Å². The Balaban J connectivity index is 1.35. The van der Waals surface area contributed by atoms with Crippen molar-refractivity contribution in [3.05, 3.63) is 35.2 Å². The van der Waals surface area contributed by atoms with Crippen LogP contribution in [0.2, 0.25) is 0 Å². The lowest BCUT2D eigenvalue weighted by Crippen LogP contribution is -2.30. The first-order valence-electron chi connectivity index (χ1n) is 9.99. The number of thioether (sulfide) groups is 1. The van der Waals surface area contributed by atoms with Gasteiger partial charge in [0.05, 0.1) is 28.7 Å². The van der Waals surface area contributed by atoms with Gasteiger partial charge in [0.1, 0.15) is 0 Å². The summed E-state index contributed by atoms with van der Waals surface area (Å²) in [6.07, 6.45) is 1.59. The minimum Gasteiger partial charge on any atom is -0.416 e. The molecule has 0 spiro atoms. The molecule has 1 fully saturated rings. The minimum absolute atomic E-state index is 0.00701. The number of carbonyl (C=O) groups excluding carboxylic acids is 1. The van der Waals surface area contributed by atoms with Crippen LogP contribution in [0.4, 0.5) is 5.69 Å². The second-order valence-corrected chi connectivity index (χ2v) is 13.1. The predicted molar refractivity (Wildman–Crippen MR) is 117 cm³/mol. The number of rotatable bonds is 8. The Hall–Kier alpha value is -1.92. The Labute approximate surface area is 185 Å². The fourth-order valence-corrected chi connectivity index (χ4v) is 7.56. The van der Waals surface area contributed by atoms with Crippen molar-refractivity contribution >= 4 is 43.1 Å². The number of benzene rings is 1. The molecule has 2 aliphatic rings. The molecule has 1 unspecified atom stereocenters. The van der Waals surface area contributed by atoms with Crippen molar-refractivity contribution in [3.8, 4) is 0 Å². The first kappa shape index (κ1) is 22.3. The smallest absolute Gasteiger partial charge is 0.277 e. The normalized spacial score (nSPS) is 20.2. The van der Waals surface area contributed by atoms with E-state index in [1.165, 1.54) is 4.31 Å². The number of fused-ring (bicyclic) bond motifs is 1. The average Bonchev–Trinajstić information content (AvgIpc) is 3.44. The van der Waals surface area contributed by atoms with Crippen molar-refractivity contribution in [1.29, 1.82) is 0 Å². The lowest BCUT2D eigenvalue weighted by Gasteiger charge is -2.18. The van der Waals surface area contributed by atoms with Crippen molar-refractivity contribution in [2.24, 2.45) is 5.92 Å². The summed E-state index contributed by atoms with van der Waals surface area (Å²) in [6.45, 7) is 2.01. The molecule has 31 heavy (non-hydrogen) atoms. The third kappa shape index (κ3) is 4.96. The van der Waals surface area contributed by atoms with E-state index < -0.39 is 19.9 Å². The van der Waals surface area contributed by atoms with Crippen LogP contribution in [0.3, 0.4) is 0 Å². The highest BCUT2D eigenvalue weighted by Gasteiger charge is 2.30. The van der Waals surface area contributed by atoms with Crippen LogP contribution in [0.1, 0.15) is 35.2 Å². The molecule has 2 aliphatic heterocycles. The van der Waals surface area contributed by atoms with E-state index in [1.54, 1.807) is 25.1 Å². The number of nitrogens with zero attached hydrogens (tertiary/aromatic N) is 3. The van der Waals surface area contributed by atoms with E-state index in [9.17, 15) is 21.6 Å². The fraction of sp³-hybridized carbons (Fsp3) is 0.526. The molecular weight excluding hydrogens is 462 g/mol. The minimum atomic E-state index is -3.32. The van der Waals surface area contributed by atoms with Gasteiger partial charge in [-0.15, -0.1) is 10.2 Å². The maximum Gasteiger partial charge on any atom is 0.277 e. The molecule has 1 saturated heterocycles. The van der Waals surface area contributed by atoms with Crippen molar-refractivity contribution < 1.29 is 26.0 Å². The molecule has 2 aromatic rings. The molecule has 4 rings (SSSR count). The first-order chi connectivity index (χ1) is 14.7. The first-order valence-corrected chi connectivity index (χ1v) is 14.4. The van der Waals surface area contributed by atoms with Gasteiger partial charge in [0.2, 0.25) is 15.9 Å². The largest absolute Gasteiger partial charge is 0.416 e. The molecule has 0 bridgehead atoms. The summed E-state index contributed by atoms with van der Waals surface area (Å²) in [4.78, 5) is 12.6. The summed E-state index contributed by atoms with van der Waals surface area (Å²) in [5.41, 5.74) is 2.00. The van der Waals surface area contributed by atoms with E-state index in [0.29, 0.717) is 42.9 Å². The summed E-state index contributed by atoms with van der Waals surface area (Å²) in [5.74, 6) is 0.739. The fourth-order valence-electron chi connectivity index (χ4n) is 3.86. The van der Waals surface area contributed by atoms with Crippen LogP contribution in [0.15, 0.2) is 27.8 Å². The quantitative estimate of drug-likeness (QED) is 0.405. The maximum absolute atomic E-state index is 12.6. The monoisotopic (exact) mass is 485 g/mol. The number of carbonyl (C=O) groups is 1. The molecule has 1 aromatic carbocycles. The van der Waals surface area contributed by atoms with Gasteiger partial charge in [-0.2, -0.15) is 0 Å². The lowest BCUT2D eigenvalue weighted by atomic mass is 10.1. The van der Waals surface area contributed by atoms with Gasteiger partial charge in [-0.05, 0) is 49.4 Å². The molecule has 0 saturated carbocycles. The number of anilines is 1. The molecule has 3 heterocycles. The summed E-state index contributed by atoms with van der Waals surface area (Å²) >= 11 is 1.13. The average molecular weight is 486 g/mol. The SMILES string of the molecule is CCS(=O)(=O)N1CCc2cc(C(=O)CSc3nnc(CC4CCS(=O)(=O)C4)o3)ccc21. The van der Waals surface area contributed by atoms with Gasteiger partial charge in [-0.1, -0.05) is 11.8 Å². The van der Waals surface area contributed by atoms with Gasteiger partial charge in [0.25, 0.3) is 5.22 Å². The highest BCUT2D eigenvalue weighted by molar-refractivity contribution is 7.99. The zero-order chi connectivity index (χ0) is 22.2. The second kappa shape index (κ2) is 8.55. The van der Waals surface area contributed by atoms with Crippen LogP contribution in [-0.4, -0.2) is 62.4 Å². The molecule has 0 aliphatic carbocycles. The summed E-state index contributed by atoms with van der Waals surface area (Å²) in [7, 11) is -6.28. The van der Waals surface area contributed by atoms with Crippen LogP contribution < -0.4 is 4.31 Å². The van der Waals surface area contributed by atoms with Crippen molar-refractivity contribution in [2.75, 3.05) is 33.9 Å². The topological polar surface area (TPSA) is 128 Å². The van der Waals surface area contributed by atoms with Crippen molar-refractivity contribution in [1.82, 2.24) is 10.2 Å². The molecule has 0 amide bonds. The van der Waals surface area contributed by atoms with Gasteiger partial charge in [-0.3, -0.25) is 9.10 Å². The Morgan fingerprint density at radius 3 is 2.84 bits per heavy atom. The van der Waals surface area contributed by atoms with E-state index in [0.717, 1.165) is 17.3 Å². The lowest BCUT2D eigenvalue weighted by molar-refractivity contribution is 0.102. The number of hydrogen-bond donors (Lipinski definition) is 0. The van der Waals surface area contributed by atoms with Crippen LogP contribution in [-0.2, 0) is 32.7 Å². The van der Waals surface area contributed by atoms with Crippen LogP contribution in [0.25, 0.3) is 0 Å². The molecular formula is C19H23N3O6S3. The van der Waals surface area contributed by atoms with Crippen LogP contribution in [0, 0.1) is 5.92 Å². The van der Waals surface area contributed by atoms with Gasteiger partial charge >= 0.3 is 0 Å². The predicted octanol–water partition coefficient (Wildman–Crippen LogP) is 1.73. The number of sulfone groups is 1. The third-order valence-electron chi connectivity index (χ3n) is 5.52. The Kier molecular flexibility index (Phi) is 6.14. The summed E-state index contributed by atoms with van der Waals surface area (Å²) in [5, 5.41) is 8.16. The number of Topliss-reactive ketones (excluding diaryl/α,β-unsaturated/α-hetero) is 1. The summed E-state index contributed by atoms with van der Waals surface area (Å²) < 4.78 is 54.5. The third-order valence-corrected chi connectivity index (χ3v) is 9.96. The maximum atomic E-state index is 12.6. The number of ketones is 1. The van der Waals surface area contributed by atoms with E-state index in [4.69, 9.17) is 4.42 Å². The van der Waals surface area contributed by atoms with Gasteiger partial charge in [0.15, 0.2) is 15.6 Å². The molecule has 0 N–H and O–H groups in total. The second-order valence-electron chi connectivity index (χ2n) is 7.71. The standard InChI is InChI=1S/C19H23N3O6S3/c1-2-31(26,27)22-7-5-14-10-15(3-4-16(14)22)17(23)11-29-19-21-20-18(28-19)9-13-6-8-30(24,25)12-13/h3-4,10,13H,2,5-9,11-12H2,1H3. The number of hydrogen-bond acceptors (Lipinski definition) is 9. The van der Waals surface area contributed by atoms with E-state index >= 15 is 0 Å². The molecule has 168 valence electrons. The van der Waals surface area contributed by atoms with Gasteiger partial charge < -0.3 is 4.42 Å². The number of aromatic nitrogens is 2. The van der Waals surface area contributed by atoms with Gasteiger partial charge in [-0.25, -0.2) is 16.8 Å². The molecule has 1 aromatic heterocycles. The summed E-state index contributed by atoms with van der Waals surface area (Å²) in [6, 6.07) is 5.09. The Morgan fingerprint density at radius 1 is 1.32 bits per heavy atom. The zero-order valence-electron chi connectivity index (χ0n) is 17.0. The highest BCUT2D eigenvalue weighted by Crippen LogP contribution is 2.32. The highest BCUT2D eigenvalue weighted by atomic mass is 32.2. The molecule has 9 nitrogen and oxygen atoms in total. The number of sulfonamides is 1. The van der Waals surface area contributed by atoms with Gasteiger partial charge in [0, 0.05) is 18.5 Å². The zero-order valence-corrected chi connectivity index (χ0v) is 19.4.